The maximum absolute atomic E-state index is 10.0. The van der Waals surface area contributed by atoms with Crippen molar-refractivity contribution >= 4 is 34.1 Å². The predicted molar refractivity (Wildman–Crippen MR) is 137 cm³/mol. The van der Waals surface area contributed by atoms with E-state index < -0.39 is 0 Å². The van der Waals surface area contributed by atoms with Crippen molar-refractivity contribution < 1.29 is 0 Å². The lowest BCUT2D eigenvalue weighted by Gasteiger charge is -2.21. The number of nitriles is 1. The minimum absolute atomic E-state index is 0.629. The molecule has 0 atom stereocenters. The maximum atomic E-state index is 10.0. The van der Waals surface area contributed by atoms with Crippen LogP contribution in [0.4, 0.5) is 5.82 Å². The predicted octanol–water partition coefficient (Wildman–Crippen LogP) is 6.06. The van der Waals surface area contributed by atoms with Gasteiger partial charge in [0.1, 0.15) is 11.9 Å². The van der Waals surface area contributed by atoms with Gasteiger partial charge in [0, 0.05) is 23.6 Å². The number of aromatic nitrogens is 2. The van der Waals surface area contributed by atoms with Gasteiger partial charge in [-0.15, -0.1) is 0 Å². The summed E-state index contributed by atoms with van der Waals surface area (Å²) in [6.45, 7) is 10.4. The van der Waals surface area contributed by atoms with Gasteiger partial charge in [-0.3, -0.25) is 4.40 Å². The maximum Gasteiger partial charge on any atom is 0.157 e. The molecule has 5 nitrogen and oxygen atoms in total. The molecule has 0 saturated carbocycles. The number of halogens is 1. The molecule has 2 heterocycles. The third-order valence-corrected chi connectivity index (χ3v) is 6.62. The minimum Gasteiger partial charge on any atom is -0.371 e. The number of fused-ring (bicyclic) bond motifs is 3. The van der Waals surface area contributed by atoms with E-state index in [2.05, 4.69) is 40.6 Å². The summed E-state index contributed by atoms with van der Waals surface area (Å²) in [6.07, 6.45) is 1.74. The van der Waals surface area contributed by atoms with E-state index in [-0.39, 0.29) is 0 Å². The molecule has 170 valence electrons. The Morgan fingerprint density at radius 1 is 1.09 bits per heavy atom. The van der Waals surface area contributed by atoms with Gasteiger partial charge in [0.15, 0.2) is 5.65 Å². The van der Waals surface area contributed by atoms with Crippen LogP contribution in [0.2, 0.25) is 5.02 Å². The van der Waals surface area contributed by atoms with Crippen molar-refractivity contribution in [1.82, 2.24) is 14.3 Å². The van der Waals surface area contributed by atoms with Crippen molar-refractivity contribution in [2.24, 2.45) is 0 Å². The van der Waals surface area contributed by atoms with E-state index in [0.717, 1.165) is 71.2 Å². The van der Waals surface area contributed by atoms with Gasteiger partial charge < -0.3 is 10.2 Å². The van der Waals surface area contributed by atoms with E-state index in [1.54, 1.807) is 0 Å². The van der Waals surface area contributed by atoms with Crippen LogP contribution >= 0.6 is 11.6 Å². The number of imidazole rings is 1. The zero-order chi connectivity index (χ0) is 23.4. The molecule has 0 aliphatic heterocycles. The number of nitrogens with one attached hydrogen (secondary N) is 1. The molecule has 0 aliphatic rings. The van der Waals surface area contributed by atoms with E-state index >= 15 is 0 Å². The molecule has 0 spiro atoms. The first-order valence-electron chi connectivity index (χ1n) is 11.6. The van der Waals surface area contributed by atoms with Crippen LogP contribution in [0.25, 0.3) is 16.7 Å². The highest BCUT2D eigenvalue weighted by atomic mass is 35.5. The number of rotatable bonds is 9. The summed E-state index contributed by atoms with van der Waals surface area (Å²) in [5, 5.41) is 14.5. The van der Waals surface area contributed by atoms with Gasteiger partial charge in [-0.25, -0.2) is 4.98 Å². The average molecular weight is 460 g/mol. The summed E-state index contributed by atoms with van der Waals surface area (Å²) in [7, 11) is 0. The first kappa shape index (κ1) is 23.1. The number of anilines is 1. The molecule has 0 saturated heterocycles. The Bertz CT molecular complexity index is 1300. The summed E-state index contributed by atoms with van der Waals surface area (Å²) in [4.78, 5) is 7.26. The minimum atomic E-state index is 0.629. The Morgan fingerprint density at radius 3 is 2.52 bits per heavy atom. The van der Waals surface area contributed by atoms with Gasteiger partial charge in [0.25, 0.3) is 0 Å². The molecule has 1 N–H and O–H groups in total. The fraction of sp³-hybridized carbons (Fsp3) is 0.333. The molecule has 0 aliphatic carbocycles. The summed E-state index contributed by atoms with van der Waals surface area (Å²) >= 11 is 6.12. The fourth-order valence-corrected chi connectivity index (χ4v) is 4.57. The highest BCUT2D eigenvalue weighted by Gasteiger charge is 2.21. The van der Waals surface area contributed by atoms with E-state index in [4.69, 9.17) is 16.6 Å². The van der Waals surface area contributed by atoms with Crippen LogP contribution in [0.5, 0.6) is 0 Å². The van der Waals surface area contributed by atoms with Crippen LogP contribution in [0.1, 0.15) is 42.5 Å². The first-order chi connectivity index (χ1) is 16.1. The molecule has 33 heavy (non-hydrogen) atoms. The number of hydrogen-bond donors (Lipinski definition) is 1. The van der Waals surface area contributed by atoms with E-state index in [1.807, 2.05) is 49.4 Å². The highest BCUT2D eigenvalue weighted by molar-refractivity contribution is 6.30. The molecule has 2 aromatic heterocycles. The lowest BCUT2D eigenvalue weighted by Crippen LogP contribution is -2.25. The van der Waals surface area contributed by atoms with Crippen LogP contribution < -0.4 is 5.32 Å². The van der Waals surface area contributed by atoms with E-state index in [1.165, 1.54) is 0 Å². The number of para-hydroxylation sites is 2. The average Bonchev–Trinajstić information content (AvgIpc) is 3.21. The number of pyridine rings is 1. The van der Waals surface area contributed by atoms with Crippen LogP contribution in [0.3, 0.4) is 0 Å². The number of hydrogen-bond acceptors (Lipinski definition) is 4. The largest absolute Gasteiger partial charge is 0.371 e. The lowest BCUT2D eigenvalue weighted by atomic mass is 9.97. The van der Waals surface area contributed by atoms with Crippen LogP contribution in [0.15, 0.2) is 48.5 Å². The number of benzene rings is 2. The fourth-order valence-electron chi connectivity index (χ4n) is 4.44. The van der Waals surface area contributed by atoms with E-state index in [0.29, 0.717) is 17.6 Å². The summed E-state index contributed by atoms with van der Waals surface area (Å²) in [5.74, 6) is 1.02. The van der Waals surface area contributed by atoms with E-state index in [9.17, 15) is 5.26 Å². The number of nitrogens with zero attached hydrogens (tertiary/aromatic N) is 4. The summed E-state index contributed by atoms with van der Waals surface area (Å²) in [5.41, 5.74) is 6.48. The third kappa shape index (κ3) is 4.68. The lowest BCUT2D eigenvalue weighted by molar-refractivity contribution is 0.303. The Balaban J connectivity index is 1.83. The highest BCUT2D eigenvalue weighted by Crippen LogP contribution is 2.32. The van der Waals surface area contributed by atoms with Gasteiger partial charge in [-0.2, -0.15) is 5.26 Å². The molecule has 0 bridgehead atoms. The Labute approximate surface area is 200 Å². The molecule has 0 unspecified atom stereocenters. The summed E-state index contributed by atoms with van der Waals surface area (Å²) < 4.78 is 2.13. The van der Waals surface area contributed by atoms with Gasteiger partial charge in [0.05, 0.1) is 16.6 Å². The zero-order valence-corrected chi connectivity index (χ0v) is 20.3. The Hall–Kier alpha value is -3.07. The second-order valence-corrected chi connectivity index (χ2v) is 8.75. The smallest absolute Gasteiger partial charge is 0.157 e. The Kier molecular flexibility index (Phi) is 7.17. The first-order valence-corrected chi connectivity index (χ1v) is 12.0. The van der Waals surface area contributed by atoms with Gasteiger partial charge >= 0.3 is 0 Å². The standard InChI is InChI=1S/C27H30ClN5/c1-4-32(5-2)16-8-15-30-26-22(17-20-11-13-21(28)14-12-20)19(3)23(18-29)27-31-24-9-6-7-10-25(24)33(26)27/h6-7,9-14,30H,4-5,8,15-17H2,1-3H3. The second kappa shape index (κ2) is 10.2. The molecule has 2 aromatic carbocycles. The SMILES string of the molecule is CCN(CC)CCCNc1c(Cc2ccc(Cl)cc2)c(C)c(C#N)c2nc3ccccc3n12. The zero-order valence-electron chi connectivity index (χ0n) is 19.5. The molecule has 0 fully saturated rings. The second-order valence-electron chi connectivity index (χ2n) is 8.31. The molecular formula is C27H30ClN5. The molecule has 4 aromatic rings. The van der Waals surface area contributed by atoms with Crippen molar-refractivity contribution in [2.75, 3.05) is 31.5 Å². The molecule has 0 radical (unpaired) electrons. The van der Waals surface area contributed by atoms with Crippen LogP contribution in [0, 0.1) is 18.3 Å². The van der Waals surface area contributed by atoms with Crippen LogP contribution in [-0.2, 0) is 6.42 Å². The topological polar surface area (TPSA) is 56.4 Å². The quantitative estimate of drug-likeness (QED) is 0.309. The molecule has 4 rings (SSSR count). The van der Waals surface area contributed by atoms with Crippen molar-refractivity contribution in [2.45, 2.75) is 33.6 Å². The third-order valence-electron chi connectivity index (χ3n) is 6.37. The Morgan fingerprint density at radius 2 is 1.82 bits per heavy atom. The molecule has 6 heteroatoms. The monoisotopic (exact) mass is 459 g/mol. The molecular weight excluding hydrogens is 430 g/mol. The van der Waals surface area contributed by atoms with Crippen molar-refractivity contribution in [3.8, 4) is 6.07 Å². The normalized spacial score (nSPS) is 11.4. The summed E-state index contributed by atoms with van der Waals surface area (Å²) in [6, 6.07) is 18.4. The molecule has 0 amide bonds. The van der Waals surface area contributed by atoms with Gasteiger partial charge in [-0.05, 0) is 68.4 Å². The van der Waals surface area contributed by atoms with Crippen LogP contribution in [-0.4, -0.2) is 40.5 Å². The van der Waals surface area contributed by atoms with Gasteiger partial charge in [0.2, 0.25) is 0 Å². The van der Waals surface area contributed by atoms with Crippen molar-refractivity contribution in [1.29, 1.82) is 5.26 Å². The van der Waals surface area contributed by atoms with Crippen molar-refractivity contribution in [3.05, 3.63) is 75.8 Å². The van der Waals surface area contributed by atoms with Gasteiger partial charge in [-0.1, -0.05) is 49.7 Å². The van der Waals surface area contributed by atoms with Crippen molar-refractivity contribution in [3.63, 3.8) is 0 Å².